The van der Waals surface area contributed by atoms with Crippen LogP contribution in [0, 0.1) is 20.8 Å². The van der Waals surface area contributed by atoms with Gasteiger partial charge in [-0.15, -0.1) is 0 Å². The number of ether oxygens (including phenoxy) is 1. The van der Waals surface area contributed by atoms with Crippen LogP contribution in [0.15, 0.2) is 45.8 Å². The Morgan fingerprint density at radius 2 is 1.59 bits per heavy atom. The van der Waals surface area contributed by atoms with E-state index in [9.17, 15) is 13.2 Å². The number of nitrogens with zero attached hydrogens (tertiary/aromatic N) is 1. The van der Waals surface area contributed by atoms with Crippen LogP contribution in [-0.2, 0) is 23.8 Å². The minimum Gasteiger partial charge on any atom is -0.377 e. The van der Waals surface area contributed by atoms with Gasteiger partial charge in [-0.2, -0.15) is 8.42 Å². The number of carbonyl (C=O) groups is 1. The van der Waals surface area contributed by atoms with Crippen molar-refractivity contribution in [3.63, 3.8) is 0 Å². The van der Waals surface area contributed by atoms with Gasteiger partial charge in [0.1, 0.15) is 0 Å². The number of carbonyl (C=O) groups excluding carboxylic acids is 1. The SMILES string of the molecule is CC(=O)N(CCOCCOS(=O)(=O)c1ccc(Br)cc1)c1cc(C)c(C)c(C)c1. The van der Waals surface area contributed by atoms with Crippen LogP contribution in [-0.4, -0.2) is 40.7 Å². The number of halogens is 1. The van der Waals surface area contributed by atoms with Gasteiger partial charge in [-0.25, -0.2) is 0 Å². The standard InChI is InChI=1S/C21H26BrNO5S/c1-15-13-20(14-16(2)17(15)3)23(18(4)24)9-10-27-11-12-28-29(25,26)21-7-5-19(22)6-8-21/h5-8,13-14H,9-12H2,1-4H3. The van der Waals surface area contributed by atoms with Gasteiger partial charge in [-0.3, -0.25) is 8.98 Å². The van der Waals surface area contributed by atoms with Gasteiger partial charge < -0.3 is 9.64 Å². The number of hydrogen-bond donors (Lipinski definition) is 0. The van der Waals surface area contributed by atoms with Gasteiger partial charge in [0.05, 0.1) is 24.7 Å². The molecule has 0 unspecified atom stereocenters. The van der Waals surface area contributed by atoms with Crippen molar-refractivity contribution in [2.75, 3.05) is 31.3 Å². The Balaban J connectivity index is 1.84. The Labute approximate surface area is 181 Å². The van der Waals surface area contributed by atoms with Crippen LogP contribution in [0.2, 0.25) is 0 Å². The molecule has 0 N–H and O–H groups in total. The summed E-state index contributed by atoms with van der Waals surface area (Å²) in [6, 6.07) is 10.2. The van der Waals surface area contributed by atoms with Crippen molar-refractivity contribution >= 4 is 37.6 Å². The monoisotopic (exact) mass is 483 g/mol. The van der Waals surface area contributed by atoms with E-state index in [1.54, 1.807) is 17.0 Å². The predicted molar refractivity (Wildman–Crippen MR) is 117 cm³/mol. The smallest absolute Gasteiger partial charge is 0.297 e. The lowest BCUT2D eigenvalue weighted by Gasteiger charge is -2.23. The topological polar surface area (TPSA) is 72.9 Å². The molecule has 0 aliphatic heterocycles. The number of hydrogen-bond acceptors (Lipinski definition) is 5. The van der Waals surface area contributed by atoms with Crippen LogP contribution in [0.5, 0.6) is 0 Å². The summed E-state index contributed by atoms with van der Waals surface area (Å²) in [4.78, 5) is 13.8. The van der Waals surface area contributed by atoms with E-state index in [-0.39, 0.29) is 30.6 Å². The van der Waals surface area contributed by atoms with E-state index in [1.807, 2.05) is 26.0 Å². The van der Waals surface area contributed by atoms with Crippen LogP contribution in [0.1, 0.15) is 23.6 Å². The fraction of sp³-hybridized carbons (Fsp3) is 0.381. The molecule has 2 aromatic carbocycles. The molecule has 0 aliphatic rings. The van der Waals surface area contributed by atoms with Gasteiger partial charge >= 0.3 is 0 Å². The van der Waals surface area contributed by atoms with Crippen molar-refractivity contribution in [1.29, 1.82) is 0 Å². The Hall–Kier alpha value is -1.74. The first-order valence-corrected chi connectivity index (χ1v) is 11.4. The lowest BCUT2D eigenvalue weighted by atomic mass is 10.0. The molecule has 2 rings (SSSR count). The van der Waals surface area contributed by atoms with E-state index < -0.39 is 10.1 Å². The number of amides is 1. The maximum Gasteiger partial charge on any atom is 0.297 e. The molecule has 0 atom stereocenters. The first-order valence-electron chi connectivity index (χ1n) is 9.20. The first kappa shape index (κ1) is 23.5. The summed E-state index contributed by atoms with van der Waals surface area (Å²) < 4.78 is 35.5. The van der Waals surface area contributed by atoms with Crippen molar-refractivity contribution in [3.05, 3.63) is 57.6 Å². The third kappa shape index (κ3) is 6.64. The second kappa shape index (κ2) is 10.3. The zero-order valence-electron chi connectivity index (χ0n) is 17.1. The van der Waals surface area contributed by atoms with Gasteiger partial charge in [-0.05, 0) is 73.9 Å². The third-order valence-corrected chi connectivity index (χ3v) is 6.49. The lowest BCUT2D eigenvalue weighted by molar-refractivity contribution is -0.116. The van der Waals surface area contributed by atoms with Crippen molar-refractivity contribution in [2.24, 2.45) is 0 Å². The second-order valence-corrected chi connectivity index (χ2v) is 9.25. The fourth-order valence-corrected chi connectivity index (χ4v) is 3.92. The number of benzene rings is 2. The highest BCUT2D eigenvalue weighted by Gasteiger charge is 2.15. The average molecular weight is 484 g/mol. The molecule has 29 heavy (non-hydrogen) atoms. The molecule has 0 spiro atoms. The van der Waals surface area contributed by atoms with Crippen molar-refractivity contribution < 1.29 is 22.1 Å². The van der Waals surface area contributed by atoms with Gasteiger partial charge in [0.15, 0.2) is 0 Å². The Morgan fingerprint density at radius 3 is 2.14 bits per heavy atom. The quantitative estimate of drug-likeness (QED) is 0.395. The molecule has 6 nitrogen and oxygen atoms in total. The predicted octanol–water partition coefficient (Wildman–Crippen LogP) is 4.15. The molecule has 0 saturated carbocycles. The summed E-state index contributed by atoms with van der Waals surface area (Å²) in [5.74, 6) is -0.0784. The lowest BCUT2D eigenvalue weighted by Crippen LogP contribution is -2.32. The highest BCUT2D eigenvalue weighted by Crippen LogP contribution is 2.23. The van der Waals surface area contributed by atoms with E-state index in [0.717, 1.165) is 21.3 Å². The van der Waals surface area contributed by atoms with Crippen molar-refractivity contribution in [2.45, 2.75) is 32.6 Å². The zero-order chi connectivity index (χ0) is 21.6. The van der Waals surface area contributed by atoms with E-state index >= 15 is 0 Å². The van der Waals surface area contributed by atoms with Crippen LogP contribution in [0.4, 0.5) is 5.69 Å². The molecule has 0 saturated heterocycles. The minimum atomic E-state index is -3.82. The summed E-state index contributed by atoms with van der Waals surface area (Å²) >= 11 is 3.26. The van der Waals surface area contributed by atoms with E-state index in [2.05, 4.69) is 22.9 Å². The Kier molecular flexibility index (Phi) is 8.39. The summed E-state index contributed by atoms with van der Waals surface area (Å²) in [7, 11) is -3.82. The summed E-state index contributed by atoms with van der Waals surface area (Å²) in [5, 5.41) is 0. The largest absolute Gasteiger partial charge is 0.377 e. The highest BCUT2D eigenvalue weighted by molar-refractivity contribution is 9.10. The van der Waals surface area contributed by atoms with Crippen LogP contribution >= 0.6 is 15.9 Å². The van der Waals surface area contributed by atoms with Crippen LogP contribution < -0.4 is 4.90 Å². The fourth-order valence-electron chi connectivity index (χ4n) is 2.77. The summed E-state index contributed by atoms with van der Waals surface area (Å²) in [6.07, 6.45) is 0. The molecule has 2 aromatic rings. The van der Waals surface area contributed by atoms with Gasteiger partial charge in [0, 0.05) is 23.6 Å². The Bertz CT molecular complexity index is 935. The van der Waals surface area contributed by atoms with Gasteiger partial charge in [0.2, 0.25) is 5.91 Å². The molecule has 0 aliphatic carbocycles. The molecular weight excluding hydrogens is 458 g/mol. The molecule has 0 bridgehead atoms. The molecule has 0 aromatic heterocycles. The third-order valence-electron chi connectivity index (χ3n) is 4.63. The molecular formula is C21H26BrNO5S. The molecule has 0 fully saturated rings. The normalized spacial score (nSPS) is 11.5. The summed E-state index contributed by atoms with van der Waals surface area (Å²) in [5.41, 5.74) is 4.28. The minimum absolute atomic E-state index is 0.0784. The van der Waals surface area contributed by atoms with Crippen molar-refractivity contribution in [1.82, 2.24) is 0 Å². The van der Waals surface area contributed by atoms with Gasteiger partial charge in [0.25, 0.3) is 10.1 Å². The van der Waals surface area contributed by atoms with E-state index in [4.69, 9.17) is 8.92 Å². The second-order valence-electron chi connectivity index (χ2n) is 6.72. The Morgan fingerprint density at radius 1 is 1.00 bits per heavy atom. The van der Waals surface area contributed by atoms with Crippen LogP contribution in [0.3, 0.4) is 0 Å². The van der Waals surface area contributed by atoms with Crippen LogP contribution in [0.25, 0.3) is 0 Å². The molecule has 0 heterocycles. The molecule has 158 valence electrons. The number of anilines is 1. The van der Waals surface area contributed by atoms with E-state index in [1.165, 1.54) is 24.6 Å². The highest BCUT2D eigenvalue weighted by atomic mass is 79.9. The van der Waals surface area contributed by atoms with E-state index in [0.29, 0.717) is 6.54 Å². The molecule has 0 radical (unpaired) electrons. The van der Waals surface area contributed by atoms with Gasteiger partial charge in [-0.1, -0.05) is 15.9 Å². The van der Waals surface area contributed by atoms with Crippen molar-refractivity contribution in [3.8, 4) is 0 Å². The maximum absolute atomic E-state index is 12.1. The first-order chi connectivity index (χ1) is 13.6. The summed E-state index contributed by atoms with van der Waals surface area (Å²) in [6.45, 7) is 8.25. The zero-order valence-corrected chi connectivity index (χ0v) is 19.5. The number of rotatable bonds is 9. The average Bonchev–Trinajstić information content (AvgIpc) is 2.65. The molecule has 1 amide bonds. The molecule has 8 heteroatoms. The maximum atomic E-state index is 12.1. The number of aryl methyl sites for hydroxylation is 2.